The van der Waals surface area contributed by atoms with Crippen LogP contribution in [0.5, 0.6) is 0 Å². The van der Waals surface area contributed by atoms with Gasteiger partial charge in [0.1, 0.15) is 5.60 Å². The zero-order valence-corrected chi connectivity index (χ0v) is 14.6. The number of terminal acetylenes is 1. The van der Waals surface area contributed by atoms with Crippen molar-refractivity contribution in [3.05, 3.63) is 11.6 Å². The van der Waals surface area contributed by atoms with Gasteiger partial charge in [-0.15, -0.1) is 6.42 Å². The van der Waals surface area contributed by atoms with Crippen molar-refractivity contribution in [3.63, 3.8) is 0 Å². The summed E-state index contributed by atoms with van der Waals surface area (Å²) in [6, 6.07) is 0. The fraction of sp³-hybridized carbons (Fsp3) is 0.773. The molecule has 0 amide bonds. The molecule has 0 saturated heterocycles. The Morgan fingerprint density at radius 2 is 2.12 bits per heavy atom. The molecule has 0 aromatic carbocycles. The number of hydrogen-bond acceptors (Lipinski definition) is 2. The van der Waals surface area contributed by atoms with E-state index in [9.17, 15) is 9.90 Å². The van der Waals surface area contributed by atoms with Crippen LogP contribution in [0.2, 0.25) is 0 Å². The van der Waals surface area contributed by atoms with E-state index >= 15 is 0 Å². The first-order chi connectivity index (χ1) is 11.5. The van der Waals surface area contributed by atoms with Crippen LogP contribution in [-0.2, 0) is 4.79 Å². The van der Waals surface area contributed by atoms with Crippen LogP contribution in [0.15, 0.2) is 11.6 Å². The van der Waals surface area contributed by atoms with Gasteiger partial charge < -0.3 is 5.11 Å². The molecule has 2 heteroatoms. The molecular formula is C22H28O2. The SMILES string of the molecule is C#C[C@]1(O)CCC2C3CCC4=CC(=O)CCC4C3[C@H]3C[C@@H](C)[C@]21C3. The van der Waals surface area contributed by atoms with Gasteiger partial charge in [0.15, 0.2) is 5.78 Å². The quantitative estimate of drug-likeness (QED) is 0.689. The lowest BCUT2D eigenvalue weighted by molar-refractivity contribution is -0.117. The lowest BCUT2D eigenvalue weighted by atomic mass is 9.49. The third-order valence-electron chi connectivity index (χ3n) is 8.93. The summed E-state index contributed by atoms with van der Waals surface area (Å²) in [5.74, 6) is 7.09. The average Bonchev–Trinajstić information content (AvgIpc) is 3.05. The van der Waals surface area contributed by atoms with Gasteiger partial charge in [-0.05, 0) is 86.5 Å². The van der Waals surface area contributed by atoms with Crippen LogP contribution in [0.3, 0.4) is 0 Å². The molecule has 0 radical (unpaired) electrons. The molecule has 24 heavy (non-hydrogen) atoms. The van der Waals surface area contributed by atoms with E-state index in [1.807, 2.05) is 6.08 Å². The van der Waals surface area contributed by atoms with Crippen molar-refractivity contribution in [3.8, 4) is 12.3 Å². The summed E-state index contributed by atoms with van der Waals surface area (Å²) < 4.78 is 0. The zero-order valence-electron chi connectivity index (χ0n) is 14.6. The summed E-state index contributed by atoms with van der Waals surface area (Å²) >= 11 is 0. The summed E-state index contributed by atoms with van der Waals surface area (Å²) in [5, 5.41) is 11.3. The number of ketones is 1. The van der Waals surface area contributed by atoms with Gasteiger partial charge in [-0.25, -0.2) is 0 Å². The van der Waals surface area contributed by atoms with Gasteiger partial charge in [-0.1, -0.05) is 18.4 Å². The van der Waals surface area contributed by atoms with Gasteiger partial charge in [0.2, 0.25) is 0 Å². The Labute approximate surface area is 145 Å². The van der Waals surface area contributed by atoms with Crippen molar-refractivity contribution in [2.75, 3.05) is 0 Å². The van der Waals surface area contributed by atoms with Crippen LogP contribution in [0.25, 0.3) is 0 Å². The highest BCUT2D eigenvalue weighted by Crippen LogP contribution is 2.73. The second kappa shape index (κ2) is 4.76. The Morgan fingerprint density at radius 3 is 2.92 bits per heavy atom. The Kier molecular flexibility index (Phi) is 3.02. The van der Waals surface area contributed by atoms with E-state index in [1.54, 1.807) is 0 Å². The van der Waals surface area contributed by atoms with Crippen LogP contribution in [-0.4, -0.2) is 16.5 Å². The minimum Gasteiger partial charge on any atom is -0.377 e. The largest absolute Gasteiger partial charge is 0.377 e. The molecule has 4 fully saturated rings. The van der Waals surface area contributed by atoms with Crippen molar-refractivity contribution >= 4 is 5.78 Å². The van der Waals surface area contributed by atoms with Crippen LogP contribution in [0, 0.1) is 53.3 Å². The number of rotatable bonds is 0. The molecule has 0 aliphatic heterocycles. The fourth-order valence-corrected chi connectivity index (χ4v) is 8.27. The molecule has 4 saturated carbocycles. The first-order valence-corrected chi connectivity index (χ1v) is 9.93. The molecule has 4 unspecified atom stereocenters. The maximum absolute atomic E-state index is 11.9. The van der Waals surface area contributed by atoms with Crippen LogP contribution in [0.1, 0.15) is 58.3 Å². The standard InChI is InChI=1S/C22H28O2/c1-3-21(24)9-8-19-18-6-4-14-11-16(23)5-7-17(14)20(18)15-10-13(2)22(19,21)12-15/h1,11,13,15,17-20,24H,4-10,12H2,2H3/t13-,15+,17?,18?,19?,20?,21+,22-/m1/s1. The molecule has 0 aromatic rings. The maximum Gasteiger partial charge on any atom is 0.155 e. The zero-order chi connectivity index (χ0) is 16.7. The highest BCUT2D eigenvalue weighted by atomic mass is 16.3. The molecule has 0 heterocycles. The third kappa shape index (κ3) is 1.61. The summed E-state index contributed by atoms with van der Waals surface area (Å²) in [5.41, 5.74) is 0.541. The first kappa shape index (κ1) is 15.2. The monoisotopic (exact) mass is 324 g/mol. The molecule has 5 aliphatic carbocycles. The number of aliphatic hydroxyl groups is 1. The van der Waals surface area contributed by atoms with E-state index in [1.165, 1.54) is 18.4 Å². The second-order valence-corrected chi connectivity index (χ2v) is 9.40. The highest BCUT2D eigenvalue weighted by Gasteiger charge is 2.71. The molecule has 2 bridgehead atoms. The molecule has 0 aromatic heterocycles. The molecule has 5 rings (SSSR count). The number of allylic oxidation sites excluding steroid dienone is 1. The third-order valence-corrected chi connectivity index (χ3v) is 8.93. The molecule has 5 aliphatic rings. The van der Waals surface area contributed by atoms with E-state index in [4.69, 9.17) is 6.42 Å². The van der Waals surface area contributed by atoms with Gasteiger partial charge in [-0.2, -0.15) is 0 Å². The number of fused-ring (bicyclic) bond motifs is 6. The maximum atomic E-state index is 11.9. The Balaban J connectivity index is 1.58. The second-order valence-electron chi connectivity index (χ2n) is 9.40. The lowest BCUT2D eigenvalue weighted by Crippen LogP contribution is -2.54. The van der Waals surface area contributed by atoms with E-state index < -0.39 is 5.60 Å². The minimum absolute atomic E-state index is 0.0285. The van der Waals surface area contributed by atoms with Crippen molar-refractivity contribution in [1.82, 2.24) is 0 Å². The predicted octanol–water partition coefficient (Wildman–Crippen LogP) is 3.74. The fourth-order valence-electron chi connectivity index (χ4n) is 8.27. The molecular weight excluding hydrogens is 296 g/mol. The van der Waals surface area contributed by atoms with E-state index in [2.05, 4.69) is 12.8 Å². The summed E-state index contributed by atoms with van der Waals surface area (Å²) in [7, 11) is 0. The molecule has 128 valence electrons. The minimum atomic E-state index is -0.880. The normalized spacial score (nSPS) is 55.2. The molecule has 1 spiro atoms. The Morgan fingerprint density at radius 1 is 1.29 bits per heavy atom. The van der Waals surface area contributed by atoms with E-state index in [0.29, 0.717) is 35.4 Å². The van der Waals surface area contributed by atoms with Gasteiger partial charge in [-0.3, -0.25) is 4.79 Å². The molecule has 8 atom stereocenters. The van der Waals surface area contributed by atoms with E-state index in [0.717, 1.165) is 44.4 Å². The summed E-state index contributed by atoms with van der Waals surface area (Å²) in [6.07, 6.45) is 16.2. The van der Waals surface area contributed by atoms with Crippen molar-refractivity contribution in [2.45, 2.75) is 63.9 Å². The van der Waals surface area contributed by atoms with Crippen molar-refractivity contribution in [2.24, 2.45) is 40.9 Å². The van der Waals surface area contributed by atoms with Crippen LogP contribution >= 0.6 is 0 Å². The van der Waals surface area contributed by atoms with E-state index in [-0.39, 0.29) is 5.41 Å². The van der Waals surface area contributed by atoms with Crippen LogP contribution < -0.4 is 0 Å². The summed E-state index contributed by atoms with van der Waals surface area (Å²) in [6.45, 7) is 2.35. The number of carbonyl (C=O) groups is 1. The van der Waals surface area contributed by atoms with Gasteiger partial charge in [0.25, 0.3) is 0 Å². The molecule has 2 nitrogen and oxygen atoms in total. The summed E-state index contributed by atoms with van der Waals surface area (Å²) in [4.78, 5) is 11.9. The average molecular weight is 324 g/mol. The number of carbonyl (C=O) groups excluding carboxylic acids is 1. The van der Waals surface area contributed by atoms with Gasteiger partial charge in [0, 0.05) is 11.8 Å². The van der Waals surface area contributed by atoms with Gasteiger partial charge >= 0.3 is 0 Å². The van der Waals surface area contributed by atoms with Crippen molar-refractivity contribution in [1.29, 1.82) is 0 Å². The van der Waals surface area contributed by atoms with Crippen LogP contribution in [0.4, 0.5) is 0 Å². The highest BCUT2D eigenvalue weighted by molar-refractivity contribution is 5.91. The first-order valence-electron chi connectivity index (χ1n) is 9.93. The predicted molar refractivity (Wildman–Crippen MR) is 92.9 cm³/mol. The lowest BCUT2D eigenvalue weighted by Gasteiger charge is -2.55. The Hall–Kier alpha value is -1.07. The number of hydrogen-bond donors (Lipinski definition) is 1. The smallest absolute Gasteiger partial charge is 0.155 e. The Bertz CT molecular complexity index is 670. The van der Waals surface area contributed by atoms with Crippen molar-refractivity contribution < 1.29 is 9.90 Å². The van der Waals surface area contributed by atoms with Gasteiger partial charge in [0.05, 0.1) is 0 Å². The molecule has 1 N–H and O–H groups in total. The topological polar surface area (TPSA) is 37.3 Å².